The summed E-state index contributed by atoms with van der Waals surface area (Å²) in [5.74, 6) is 1.43. The number of carbonyl (C=O) groups excluding carboxylic acids is 1. The maximum Gasteiger partial charge on any atom is 0.138 e. The molecule has 2 atom stereocenters. The van der Waals surface area contributed by atoms with E-state index in [0.717, 1.165) is 38.8 Å². The lowest BCUT2D eigenvalue weighted by Crippen LogP contribution is -2.33. The lowest BCUT2D eigenvalue weighted by Gasteiger charge is -2.30. The van der Waals surface area contributed by atoms with Gasteiger partial charge in [-0.1, -0.05) is 26.2 Å². The number of ether oxygens (including phenoxy) is 1. The van der Waals surface area contributed by atoms with Crippen LogP contribution in [0.25, 0.3) is 0 Å². The molecule has 2 fully saturated rings. The molecule has 0 aromatic carbocycles. The molecule has 19 heavy (non-hydrogen) atoms. The highest BCUT2D eigenvalue weighted by atomic mass is 16.5. The van der Waals surface area contributed by atoms with Gasteiger partial charge in [-0.15, -0.1) is 0 Å². The van der Waals surface area contributed by atoms with Crippen molar-refractivity contribution >= 4 is 5.78 Å². The van der Waals surface area contributed by atoms with Crippen molar-refractivity contribution in [2.75, 3.05) is 19.7 Å². The Balaban J connectivity index is 1.67. The predicted octanol–water partition coefficient (Wildman–Crippen LogP) is 2.93. The topological polar surface area (TPSA) is 38.3 Å². The van der Waals surface area contributed by atoms with Crippen molar-refractivity contribution in [3.63, 3.8) is 0 Å². The molecule has 1 heterocycles. The van der Waals surface area contributed by atoms with Crippen molar-refractivity contribution in [1.29, 1.82) is 0 Å². The number of hydrogen-bond donors (Lipinski definition) is 1. The van der Waals surface area contributed by atoms with Gasteiger partial charge in [-0.3, -0.25) is 4.79 Å². The van der Waals surface area contributed by atoms with Crippen LogP contribution < -0.4 is 5.32 Å². The number of piperidine rings is 1. The summed E-state index contributed by atoms with van der Waals surface area (Å²) < 4.78 is 5.85. The zero-order chi connectivity index (χ0) is 13.5. The van der Waals surface area contributed by atoms with Gasteiger partial charge in [0, 0.05) is 12.3 Å². The molecule has 1 aliphatic carbocycles. The molecule has 2 aliphatic rings. The monoisotopic (exact) mass is 267 g/mol. The van der Waals surface area contributed by atoms with Crippen LogP contribution in [0.1, 0.15) is 58.3 Å². The second-order valence-corrected chi connectivity index (χ2v) is 6.10. The molecule has 3 nitrogen and oxygen atoms in total. The second kappa shape index (κ2) is 8.01. The SMILES string of the molecule is CCC1CCCCC1C(=O)CCOC1CCNCC1. The highest BCUT2D eigenvalue weighted by molar-refractivity contribution is 5.81. The Hall–Kier alpha value is -0.410. The van der Waals surface area contributed by atoms with Crippen LogP contribution in [0.3, 0.4) is 0 Å². The maximum atomic E-state index is 12.3. The third-order valence-corrected chi connectivity index (χ3v) is 4.84. The summed E-state index contributed by atoms with van der Waals surface area (Å²) in [7, 11) is 0. The molecule has 0 aromatic rings. The first kappa shape index (κ1) is 15.0. The summed E-state index contributed by atoms with van der Waals surface area (Å²) in [6.45, 7) is 4.97. The molecule has 1 aliphatic heterocycles. The molecular formula is C16H29NO2. The Labute approximate surface area is 117 Å². The molecular weight excluding hydrogens is 238 g/mol. The molecule has 0 aromatic heterocycles. The van der Waals surface area contributed by atoms with Gasteiger partial charge in [-0.05, 0) is 44.7 Å². The van der Waals surface area contributed by atoms with Gasteiger partial charge in [0.2, 0.25) is 0 Å². The van der Waals surface area contributed by atoms with Crippen molar-refractivity contribution in [3.05, 3.63) is 0 Å². The third kappa shape index (κ3) is 4.57. The zero-order valence-corrected chi connectivity index (χ0v) is 12.3. The minimum Gasteiger partial charge on any atom is -0.378 e. The molecule has 0 spiro atoms. The molecule has 0 bridgehead atoms. The van der Waals surface area contributed by atoms with Gasteiger partial charge in [0.1, 0.15) is 5.78 Å². The fourth-order valence-corrected chi connectivity index (χ4v) is 3.59. The molecule has 0 amide bonds. The summed E-state index contributed by atoms with van der Waals surface area (Å²) in [5.41, 5.74) is 0. The lowest BCUT2D eigenvalue weighted by atomic mass is 9.75. The van der Waals surface area contributed by atoms with E-state index in [2.05, 4.69) is 12.2 Å². The molecule has 0 radical (unpaired) electrons. The lowest BCUT2D eigenvalue weighted by molar-refractivity contribution is -0.127. The van der Waals surface area contributed by atoms with E-state index >= 15 is 0 Å². The van der Waals surface area contributed by atoms with Gasteiger partial charge in [0.05, 0.1) is 12.7 Å². The Morgan fingerprint density at radius 1 is 1.16 bits per heavy atom. The van der Waals surface area contributed by atoms with E-state index in [1.54, 1.807) is 0 Å². The van der Waals surface area contributed by atoms with E-state index in [1.807, 2.05) is 0 Å². The molecule has 1 saturated heterocycles. The molecule has 1 saturated carbocycles. The van der Waals surface area contributed by atoms with Crippen LogP contribution in [0, 0.1) is 11.8 Å². The van der Waals surface area contributed by atoms with Crippen LogP contribution in [0.2, 0.25) is 0 Å². The Bertz CT molecular complexity index is 274. The number of rotatable bonds is 6. The van der Waals surface area contributed by atoms with Crippen molar-refractivity contribution in [2.24, 2.45) is 11.8 Å². The first-order valence-corrected chi connectivity index (χ1v) is 8.16. The van der Waals surface area contributed by atoms with Crippen LogP contribution >= 0.6 is 0 Å². The van der Waals surface area contributed by atoms with Gasteiger partial charge < -0.3 is 10.1 Å². The van der Waals surface area contributed by atoms with Crippen LogP contribution in [-0.2, 0) is 9.53 Å². The fraction of sp³-hybridized carbons (Fsp3) is 0.938. The van der Waals surface area contributed by atoms with Crippen LogP contribution in [0.15, 0.2) is 0 Å². The molecule has 2 rings (SSSR count). The maximum absolute atomic E-state index is 12.3. The van der Waals surface area contributed by atoms with Gasteiger partial charge >= 0.3 is 0 Å². The first-order chi connectivity index (χ1) is 9.31. The number of hydrogen-bond acceptors (Lipinski definition) is 3. The number of carbonyl (C=O) groups is 1. The van der Waals surface area contributed by atoms with Crippen LogP contribution in [0.4, 0.5) is 0 Å². The Morgan fingerprint density at radius 3 is 2.63 bits per heavy atom. The quantitative estimate of drug-likeness (QED) is 0.804. The fourth-order valence-electron chi connectivity index (χ4n) is 3.59. The Kier molecular flexibility index (Phi) is 6.32. The molecule has 110 valence electrons. The summed E-state index contributed by atoms with van der Waals surface area (Å²) in [6, 6.07) is 0. The van der Waals surface area contributed by atoms with Crippen molar-refractivity contribution in [2.45, 2.75) is 64.4 Å². The van der Waals surface area contributed by atoms with Gasteiger partial charge in [0.25, 0.3) is 0 Å². The Morgan fingerprint density at radius 2 is 1.89 bits per heavy atom. The highest BCUT2D eigenvalue weighted by Crippen LogP contribution is 2.33. The van der Waals surface area contributed by atoms with Gasteiger partial charge in [-0.2, -0.15) is 0 Å². The average Bonchev–Trinajstić information content (AvgIpc) is 2.48. The van der Waals surface area contributed by atoms with Crippen LogP contribution in [-0.4, -0.2) is 31.6 Å². The predicted molar refractivity (Wildman–Crippen MR) is 77.2 cm³/mol. The largest absolute Gasteiger partial charge is 0.378 e. The standard InChI is InChI=1S/C16H29NO2/c1-2-13-5-3-4-6-15(13)16(18)9-12-19-14-7-10-17-11-8-14/h13-15,17H,2-12H2,1H3. The van der Waals surface area contributed by atoms with E-state index in [9.17, 15) is 4.79 Å². The third-order valence-electron chi connectivity index (χ3n) is 4.84. The van der Waals surface area contributed by atoms with E-state index in [0.29, 0.717) is 36.8 Å². The second-order valence-electron chi connectivity index (χ2n) is 6.10. The number of ketones is 1. The van der Waals surface area contributed by atoms with E-state index in [-0.39, 0.29) is 0 Å². The first-order valence-electron chi connectivity index (χ1n) is 8.16. The summed E-state index contributed by atoms with van der Waals surface area (Å²) in [5, 5.41) is 3.33. The van der Waals surface area contributed by atoms with Crippen molar-refractivity contribution < 1.29 is 9.53 Å². The number of nitrogens with one attached hydrogen (secondary N) is 1. The average molecular weight is 267 g/mol. The van der Waals surface area contributed by atoms with Crippen molar-refractivity contribution in [1.82, 2.24) is 5.32 Å². The van der Waals surface area contributed by atoms with E-state index in [4.69, 9.17) is 4.74 Å². The van der Waals surface area contributed by atoms with Crippen LogP contribution in [0.5, 0.6) is 0 Å². The highest BCUT2D eigenvalue weighted by Gasteiger charge is 2.29. The van der Waals surface area contributed by atoms with Gasteiger partial charge in [-0.25, -0.2) is 0 Å². The normalized spacial score (nSPS) is 29.3. The smallest absolute Gasteiger partial charge is 0.138 e. The molecule has 3 heteroatoms. The summed E-state index contributed by atoms with van der Waals surface area (Å²) in [6.07, 6.45) is 9.27. The minimum atomic E-state index is 0.329. The molecule has 2 unspecified atom stereocenters. The summed E-state index contributed by atoms with van der Waals surface area (Å²) in [4.78, 5) is 12.3. The number of Topliss-reactive ketones (excluding diaryl/α,β-unsaturated/α-hetero) is 1. The van der Waals surface area contributed by atoms with E-state index in [1.165, 1.54) is 19.3 Å². The minimum absolute atomic E-state index is 0.329. The zero-order valence-electron chi connectivity index (χ0n) is 12.3. The van der Waals surface area contributed by atoms with Crippen molar-refractivity contribution in [3.8, 4) is 0 Å². The van der Waals surface area contributed by atoms with E-state index < -0.39 is 0 Å². The molecule has 1 N–H and O–H groups in total. The van der Waals surface area contributed by atoms with Gasteiger partial charge in [0.15, 0.2) is 0 Å². The summed E-state index contributed by atoms with van der Waals surface area (Å²) >= 11 is 0.